The summed E-state index contributed by atoms with van der Waals surface area (Å²) in [4.78, 5) is 252. The number of allylic oxidation sites excluding steroid dienone is 6. The smallest absolute Gasteiger partial charge is 0.458 e. The molecular weight excluding hydrogens is 1690 g/mol. The Kier molecular flexibility index (Phi) is 42.1. The molecule has 36 heteroatoms. The monoisotopic (exact) mass is 1850 g/mol. The molecule has 131 heavy (non-hydrogen) atoms. The Bertz CT molecular complexity index is 4170. The molecule has 0 aromatic heterocycles. The van der Waals surface area contributed by atoms with Crippen molar-refractivity contribution in [2.24, 2.45) is 75.7 Å². The van der Waals surface area contributed by atoms with Gasteiger partial charge in [-0.3, -0.25) is 76.7 Å². The van der Waals surface area contributed by atoms with Crippen LogP contribution in [0.5, 0.6) is 0 Å². The van der Waals surface area contributed by atoms with E-state index in [-0.39, 0.29) is 131 Å². The van der Waals surface area contributed by atoms with Crippen LogP contribution in [0.2, 0.25) is 0 Å². The Morgan fingerprint density at radius 3 is 1.72 bits per heavy atom. The predicted octanol–water partition coefficient (Wildman–Crippen LogP) is 5.45. The molecule has 0 aromatic rings. The van der Waals surface area contributed by atoms with Crippen molar-refractivity contribution >= 4 is 101 Å². The summed E-state index contributed by atoms with van der Waals surface area (Å²) in [6.07, 6.45) is 6.60. The number of carbonyl (C=O) groups excluding carboxylic acids is 17. The van der Waals surface area contributed by atoms with Crippen LogP contribution in [0.25, 0.3) is 0 Å². The fourth-order valence-corrected chi connectivity index (χ4v) is 19.5. The molecule has 36 nitrogen and oxygen atoms in total. The summed E-state index contributed by atoms with van der Waals surface area (Å²) in [5.74, 6) is -15.3. The minimum atomic E-state index is -1.92. The van der Waals surface area contributed by atoms with Gasteiger partial charge in [-0.15, -0.1) is 0 Å². The summed E-state index contributed by atoms with van der Waals surface area (Å²) in [5, 5.41) is 37.5. The molecule has 20 atom stereocenters. The summed E-state index contributed by atoms with van der Waals surface area (Å²) >= 11 is 0. The summed E-state index contributed by atoms with van der Waals surface area (Å²) in [6.45, 7) is 30.5. The number of amides is 12. The van der Waals surface area contributed by atoms with Crippen molar-refractivity contribution in [1.82, 2.24) is 60.9 Å². The van der Waals surface area contributed by atoms with E-state index in [2.05, 4.69) is 26.6 Å². The number of nitrogens with two attached hydrogens (primary N) is 1. The highest BCUT2D eigenvalue weighted by atomic mass is 16.8. The van der Waals surface area contributed by atoms with Gasteiger partial charge in [0, 0.05) is 79.0 Å². The molecule has 12 amide bonds. The lowest BCUT2D eigenvalue weighted by molar-refractivity contribution is -0.181. The summed E-state index contributed by atoms with van der Waals surface area (Å²) in [6, 6.07) is -15.0. The number of Topliss-reactive ketones (excluding diaryl/α,β-unsaturated/α-hetero) is 1. The van der Waals surface area contributed by atoms with Crippen LogP contribution < -0.4 is 32.3 Å². The molecular formula is C95H155N13O23. The van der Waals surface area contributed by atoms with Gasteiger partial charge >= 0.3 is 18.1 Å². The van der Waals surface area contributed by atoms with E-state index in [4.69, 9.17) is 24.7 Å². The average Bonchev–Trinajstić information content (AvgIpc) is 1.58. The summed E-state index contributed by atoms with van der Waals surface area (Å²) < 4.78 is 22.0. The van der Waals surface area contributed by atoms with E-state index in [1.165, 1.54) is 84.0 Å². The molecule has 0 aromatic carbocycles. The van der Waals surface area contributed by atoms with Gasteiger partial charge in [-0.1, -0.05) is 135 Å². The van der Waals surface area contributed by atoms with Crippen LogP contribution in [-0.4, -0.2) is 305 Å². The van der Waals surface area contributed by atoms with Crippen molar-refractivity contribution in [3.8, 4) is 0 Å². The molecule has 5 rings (SSSR count). The minimum Gasteiger partial charge on any atom is -0.458 e. The molecule has 738 valence electrons. The second-order valence-electron chi connectivity index (χ2n) is 39.8. The lowest BCUT2D eigenvalue weighted by Gasteiger charge is -2.59. The van der Waals surface area contributed by atoms with E-state index in [0.29, 0.717) is 25.7 Å². The highest BCUT2D eigenvalue weighted by Crippen LogP contribution is 2.67. The van der Waals surface area contributed by atoms with E-state index in [9.17, 15) is 72.5 Å². The number of hydrogen-bond donors (Lipinski definition) is 8. The third kappa shape index (κ3) is 28.4. The van der Waals surface area contributed by atoms with E-state index in [0.717, 1.165) is 25.2 Å². The van der Waals surface area contributed by atoms with Gasteiger partial charge in [0.1, 0.15) is 78.2 Å². The topological polar surface area (TPSA) is 476 Å². The van der Waals surface area contributed by atoms with Crippen LogP contribution in [0, 0.1) is 70.0 Å². The Morgan fingerprint density at radius 2 is 1.15 bits per heavy atom. The third-order valence-corrected chi connectivity index (χ3v) is 27.2. The number of ether oxygens (including phenoxy) is 4. The molecule has 4 aliphatic carbocycles. The first-order valence-corrected chi connectivity index (χ1v) is 46.7. The van der Waals surface area contributed by atoms with Crippen LogP contribution in [-0.2, 0) is 95.7 Å². The van der Waals surface area contributed by atoms with Crippen molar-refractivity contribution < 1.29 is 111 Å². The lowest BCUT2D eigenvalue weighted by Crippen LogP contribution is -2.64. The molecule has 4 fully saturated rings. The Hall–Kier alpha value is -9.71. The lowest BCUT2D eigenvalue weighted by atomic mass is 9.46. The summed E-state index contributed by atoms with van der Waals surface area (Å²) in [5.41, 5.74) is 3.77. The van der Waals surface area contributed by atoms with E-state index < -0.39 is 228 Å². The van der Waals surface area contributed by atoms with E-state index in [1.54, 1.807) is 66.7 Å². The van der Waals surface area contributed by atoms with Crippen molar-refractivity contribution in [1.29, 1.82) is 0 Å². The third-order valence-electron chi connectivity index (χ3n) is 27.2. The molecule has 3 saturated carbocycles. The number of fused-ring (bicyclic) bond motifs is 5. The number of carbonyl (C=O) groups is 17. The molecule has 14 unspecified atom stereocenters. The van der Waals surface area contributed by atoms with Gasteiger partial charge < -0.3 is 95.8 Å². The first-order valence-electron chi connectivity index (χ1n) is 46.7. The number of ketones is 2. The molecule has 1 saturated heterocycles. The zero-order valence-corrected chi connectivity index (χ0v) is 82.5. The van der Waals surface area contributed by atoms with Crippen LogP contribution in [0.4, 0.5) is 4.79 Å². The van der Waals surface area contributed by atoms with Crippen LogP contribution in [0.15, 0.2) is 36.0 Å². The number of unbranched alkanes of at least 4 members (excludes halogenated alkanes) is 1. The average molecular weight is 1850 g/mol. The van der Waals surface area contributed by atoms with E-state index in [1.807, 2.05) is 75.3 Å². The van der Waals surface area contributed by atoms with Crippen molar-refractivity contribution in [3.63, 3.8) is 0 Å². The number of nitrogens with zero attached hydrogens (tertiary/aromatic N) is 7. The van der Waals surface area contributed by atoms with Gasteiger partial charge in [0.2, 0.25) is 83.5 Å². The van der Waals surface area contributed by atoms with E-state index >= 15 is 19.2 Å². The normalized spacial score (nSPS) is 29.3. The second kappa shape index (κ2) is 49.3. The molecule has 9 N–H and O–H groups in total. The maximum Gasteiger partial charge on any atom is 0.511 e. The van der Waals surface area contributed by atoms with Crippen LogP contribution >= 0.6 is 0 Å². The molecule has 0 radical (unpaired) electrons. The van der Waals surface area contributed by atoms with Crippen LogP contribution in [0.1, 0.15) is 234 Å². The van der Waals surface area contributed by atoms with Gasteiger partial charge in [0.25, 0.3) is 0 Å². The van der Waals surface area contributed by atoms with Gasteiger partial charge in [0.15, 0.2) is 12.4 Å². The SMILES string of the molecule is C/C=C/C[C@@H](C)C(OC(=O)OCOC(=O)C(N)CCCCNC(=O)CCC(=O)OCC(=O)[C@@]1(O)CCC2C3CCC4=CC(=O)C=C[C@]4(C)C3[C@@H](O)C[C@@]21C)C1C(=O)NC(CC)C(=O)N(C)CC(=O)N(C)[C@@H](CC(C)C)C(=O)NC(C(C)C)C(=O)N(C)C(CC(C)C)C(=O)NC(C)C(=O)NC(C)C(=O)N(C)C(CC(C)C)C(=O)N(C)C(CC(C)C)C(=O)N(C)C(C(C)C)C(=O)N1C. The molecule has 1 heterocycles. The Balaban J connectivity index is 1.40. The van der Waals surface area contributed by atoms with Crippen molar-refractivity contribution in [2.45, 2.75) is 319 Å². The standard InChI is InChI=1S/C95H155N13O23/c1-27-29-32-58(15)80(131-92(126)130-51-129-91(125)65(96)33-30-31-42-97-73(112)36-37-75(114)128-50-72(111)95(127)41-39-64-63-35-34-61-47-62(109)38-40-93(61,18)76(63)71(110)48-94(64,95)19)79-84(118)100-66(28-2)86(120)102(20)49-74(113)103(21)67(43-52(3)4)83(117)101-77(56(11)12)89(123)104(22)68(44-53(5)6)82(116)98-59(16)81(115)99-60(17)85(119)105(23)69(45-54(7)8)87(121)106(24)70(46-55(9)10)88(122)107(25)78(57(13)14)90(124)108(79)26/h27,29,38,40,47,52-60,63-71,76-80,110,127H,28,30-37,39,41-46,48-51,96H2,1-26H3,(H,97,112)(H,98,116)(H,99,115)(H,100,118)(H,101,117)/b29-27+/t58-,59?,60?,63?,64?,65?,66?,67+,68?,69?,70?,71+,76?,77?,78?,79?,80?,93+,94+,95+/m1/s1. The van der Waals surface area contributed by atoms with Crippen molar-refractivity contribution in [2.75, 3.05) is 75.8 Å². The first kappa shape index (κ1) is 112. The zero-order valence-electron chi connectivity index (χ0n) is 82.5. The first-order chi connectivity index (χ1) is 61.0. The second-order valence-corrected chi connectivity index (χ2v) is 39.8. The number of aliphatic hydroxyl groups is 2. The fraction of sp³-hybridized carbons (Fsp3) is 0.758. The fourth-order valence-electron chi connectivity index (χ4n) is 19.5. The number of likely N-dealkylation sites (N-methyl/N-ethyl adjacent to an activating group) is 7. The highest BCUT2D eigenvalue weighted by molar-refractivity contribution is 6.02. The minimum absolute atomic E-state index is 0.0173. The zero-order chi connectivity index (χ0) is 99.3. The number of esters is 2. The molecule has 5 aliphatic rings. The quantitative estimate of drug-likeness (QED) is 0.0146. The number of hydrogen-bond acceptors (Lipinski definition) is 24. The Labute approximate surface area is 774 Å². The molecule has 0 spiro atoms. The molecule has 0 bridgehead atoms. The largest absolute Gasteiger partial charge is 0.511 e. The number of rotatable bonds is 30. The van der Waals surface area contributed by atoms with Gasteiger partial charge in [-0.2, -0.15) is 0 Å². The predicted molar refractivity (Wildman–Crippen MR) is 488 cm³/mol. The molecule has 1 aliphatic heterocycles. The number of nitrogens with one attached hydrogen (secondary N) is 5. The van der Waals surface area contributed by atoms with Crippen molar-refractivity contribution in [3.05, 3.63) is 36.0 Å². The van der Waals surface area contributed by atoms with Gasteiger partial charge in [-0.05, 0) is 176 Å². The van der Waals surface area contributed by atoms with Crippen LogP contribution in [0.3, 0.4) is 0 Å². The van der Waals surface area contributed by atoms with Gasteiger partial charge in [-0.25, -0.2) is 4.79 Å². The maximum absolute atomic E-state index is 15.9. The number of aliphatic hydroxyl groups excluding tert-OH is 1. The summed E-state index contributed by atoms with van der Waals surface area (Å²) in [7, 11) is 9.47. The van der Waals surface area contributed by atoms with Gasteiger partial charge in [0.05, 0.1) is 19.1 Å². The Morgan fingerprint density at radius 1 is 0.611 bits per heavy atom. The highest BCUT2D eigenvalue weighted by Gasteiger charge is 2.68. The maximum atomic E-state index is 15.9.